The van der Waals surface area contributed by atoms with Crippen LogP contribution in [0.4, 0.5) is 0 Å². The summed E-state index contributed by atoms with van der Waals surface area (Å²) in [6.07, 6.45) is 18.2. The second-order valence-electron chi connectivity index (χ2n) is 6.01. The number of hydrogen-bond donors (Lipinski definition) is 2. The normalized spacial score (nSPS) is 22.3. The van der Waals surface area contributed by atoms with Gasteiger partial charge >= 0.3 is 5.97 Å². The summed E-state index contributed by atoms with van der Waals surface area (Å²) in [5.41, 5.74) is 0. The Morgan fingerprint density at radius 2 is 2.08 bits per heavy atom. The van der Waals surface area contributed by atoms with E-state index < -0.39 is 12.1 Å². The number of ketones is 1. The summed E-state index contributed by atoms with van der Waals surface area (Å²) >= 11 is 0. The van der Waals surface area contributed by atoms with Crippen molar-refractivity contribution in [1.29, 1.82) is 0 Å². The molecule has 0 bridgehead atoms. The van der Waals surface area contributed by atoms with Gasteiger partial charge in [0, 0.05) is 18.3 Å². The lowest BCUT2D eigenvalue weighted by Crippen LogP contribution is -2.14. The molecule has 4 heteroatoms. The van der Waals surface area contributed by atoms with Crippen LogP contribution in [0.15, 0.2) is 48.6 Å². The Hall–Kier alpha value is -1.94. The highest BCUT2D eigenvalue weighted by Gasteiger charge is 2.27. The maximum absolute atomic E-state index is 11.9. The molecule has 4 nitrogen and oxygen atoms in total. The van der Waals surface area contributed by atoms with Crippen LogP contribution < -0.4 is 0 Å². The van der Waals surface area contributed by atoms with Crippen LogP contribution in [0.3, 0.4) is 0 Å². The van der Waals surface area contributed by atoms with Gasteiger partial charge in [-0.2, -0.15) is 0 Å². The fraction of sp³-hybridized carbons (Fsp3) is 0.500. The van der Waals surface area contributed by atoms with E-state index in [1.54, 1.807) is 12.2 Å². The molecule has 3 atom stereocenters. The summed E-state index contributed by atoms with van der Waals surface area (Å²) in [7, 11) is 0. The summed E-state index contributed by atoms with van der Waals surface area (Å²) in [5.74, 6) is -0.766. The Labute approximate surface area is 144 Å². The van der Waals surface area contributed by atoms with Crippen LogP contribution >= 0.6 is 0 Å². The molecule has 0 aromatic carbocycles. The van der Waals surface area contributed by atoms with Crippen molar-refractivity contribution in [3.63, 3.8) is 0 Å². The zero-order valence-electron chi connectivity index (χ0n) is 14.3. The third-order valence-corrected chi connectivity index (χ3v) is 3.97. The zero-order chi connectivity index (χ0) is 17.8. The first-order valence-corrected chi connectivity index (χ1v) is 8.64. The fourth-order valence-electron chi connectivity index (χ4n) is 2.59. The highest BCUT2D eigenvalue weighted by atomic mass is 16.4. The number of rotatable bonds is 11. The number of aliphatic hydroxyl groups is 1. The standard InChI is InChI=1S/C20H28O4/c1-2-3-6-9-17(21)14-12-16-13-15-19(22)18(16)10-7-4-5-8-11-20(23)24/h3-4,6-7,12-18,21H,2,5,8-11H2,1H3,(H,23,24)/b6-3-,7-4-,14-12+/t16-,17+,18-/m0/s1. The van der Waals surface area contributed by atoms with Gasteiger partial charge in [0.25, 0.3) is 0 Å². The average Bonchev–Trinajstić information content (AvgIpc) is 2.89. The molecule has 0 aromatic rings. The van der Waals surface area contributed by atoms with Gasteiger partial charge in [-0.05, 0) is 38.2 Å². The molecule has 0 aliphatic heterocycles. The highest BCUT2D eigenvalue weighted by molar-refractivity contribution is 5.95. The number of carbonyl (C=O) groups excluding carboxylic acids is 1. The first-order valence-electron chi connectivity index (χ1n) is 8.64. The molecule has 0 saturated carbocycles. The minimum absolute atomic E-state index is 0.0194. The number of allylic oxidation sites excluding steroid dienone is 6. The van der Waals surface area contributed by atoms with Gasteiger partial charge in [-0.15, -0.1) is 0 Å². The summed E-state index contributed by atoms with van der Waals surface area (Å²) in [5, 5.41) is 18.5. The van der Waals surface area contributed by atoms with Crippen molar-refractivity contribution in [3.8, 4) is 0 Å². The SMILES string of the molecule is CC/C=C\C[C@@H](O)/C=C/[C@H]1C=CC(=O)[C@H]1C/C=C\CCCC(=O)O. The lowest BCUT2D eigenvalue weighted by molar-refractivity contribution is -0.137. The van der Waals surface area contributed by atoms with Gasteiger partial charge in [-0.25, -0.2) is 0 Å². The van der Waals surface area contributed by atoms with Crippen molar-refractivity contribution >= 4 is 11.8 Å². The molecule has 0 unspecified atom stereocenters. The van der Waals surface area contributed by atoms with Crippen LogP contribution in [-0.4, -0.2) is 28.1 Å². The van der Waals surface area contributed by atoms with E-state index in [-0.39, 0.29) is 24.0 Å². The molecule has 0 spiro atoms. The minimum Gasteiger partial charge on any atom is -0.481 e. The zero-order valence-corrected chi connectivity index (χ0v) is 14.3. The summed E-state index contributed by atoms with van der Waals surface area (Å²) in [6.45, 7) is 2.05. The molecule has 0 fully saturated rings. The predicted molar refractivity (Wildman–Crippen MR) is 95.6 cm³/mol. The first kappa shape index (κ1) is 20.1. The molecule has 0 aromatic heterocycles. The maximum Gasteiger partial charge on any atom is 0.303 e. The molecule has 1 aliphatic rings. The van der Waals surface area contributed by atoms with Crippen molar-refractivity contribution in [2.45, 2.75) is 51.6 Å². The third-order valence-electron chi connectivity index (χ3n) is 3.97. The average molecular weight is 332 g/mol. The Bertz CT molecular complexity index is 514. The molecule has 1 rings (SSSR count). The summed E-state index contributed by atoms with van der Waals surface area (Å²) in [4.78, 5) is 22.4. The predicted octanol–water partition coefficient (Wildman–Crippen LogP) is 3.83. The van der Waals surface area contributed by atoms with Crippen LogP contribution in [0.2, 0.25) is 0 Å². The van der Waals surface area contributed by atoms with Crippen LogP contribution in [0, 0.1) is 11.8 Å². The van der Waals surface area contributed by atoms with Crippen molar-refractivity contribution in [2.24, 2.45) is 11.8 Å². The quantitative estimate of drug-likeness (QED) is 0.445. The van der Waals surface area contributed by atoms with Gasteiger partial charge in [0.1, 0.15) is 0 Å². The van der Waals surface area contributed by atoms with Gasteiger partial charge in [-0.3, -0.25) is 9.59 Å². The van der Waals surface area contributed by atoms with E-state index in [2.05, 4.69) is 0 Å². The van der Waals surface area contributed by atoms with E-state index in [1.807, 2.05) is 43.4 Å². The fourth-order valence-corrected chi connectivity index (χ4v) is 2.59. The molecule has 1 aliphatic carbocycles. The monoisotopic (exact) mass is 332 g/mol. The van der Waals surface area contributed by atoms with Crippen LogP contribution in [0.5, 0.6) is 0 Å². The summed E-state index contributed by atoms with van der Waals surface area (Å²) in [6, 6.07) is 0. The topological polar surface area (TPSA) is 74.6 Å². The molecule has 24 heavy (non-hydrogen) atoms. The van der Waals surface area contributed by atoms with Gasteiger partial charge in [0.15, 0.2) is 5.78 Å². The number of carboxylic acid groups (broad SMARTS) is 1. The van der Waals surface area contributed by atoms with E-state index in [0.717, 1.165) is 6.42 Å². The second kappa shape index (κ2) is 11.6. The molecule has 0 saturated heterocycles. The van der Waals surface area contributed by atoms with Crippen molar-refractivity contribution in [3.05, 3.63) is 48.6 Å². The van der Waals surface area contributed by atoms with E-state index in [4.69, 9.17) is 5.11 Å². The molecule has 0 heterocycles. The Morgan fingerprint density at radius 3 is 2.79 bits per heavy atom. The smallest absolute Gasteiger partial charge is 0.303 e. The van der Waals surface area contributed by atoms with E-state index >= 15 is 0 Å². The Kier molecular flexibility index (Phi) is 9.70. The Balaban J connectivity index is 2.42. The number of hydrogen-bond acceptors (Lipinski definition) is 3. The van der Waals surface area contributed by atoms with E-state index in [9.17, 15) is 14.7 Å². The van der Waals surface area contributed by atoms with Crippen molar-refractivity contribution in [2.75, 3.05) is 0 Å². The van der Waals surface area contributed by atoms with Gasteiger partial charge in [0.2, 0.25) is 0 Å². The van der Waals surface area contributed by atoms with Crippen molar-refractivity contribution < 1.29 is 19.8 Å². The van der Waals surface area contributed by atoms with E-state index in [1.165, 1.54) is 0 Å². The largest absolute Gasteiger partial charge is 0.481 e. The van der Waals surface area contributed by atoms with Gasteiger partial charge in [-0.1, -0.05) is 49.5 Å². The number of aliphatic hydroxyl groups excluding tert-OH is 1. The second-order valence-corrected chi connectivity index (χ2v) is 6.01. The molecule has 2 N–H and O–H groups in total. The molecule has 0 radical (unpaired) electrons. The number of aliphatic carboxylic acids is 1. The lowest BCUT2D eigenvalue weighted by atomic mass is 9.90. The van der Waals surface area contributed by atoms with Crippen LogP contribution in [0.25, 0.3) is 0 Å². The Morgan fingerprint density at radius 1 is 1.29 bits per heavy atom. The maximum atomic E-state index is 11.9. The molecule has 0 amide bonds. The molecular formula is C20H28O4. The van der Waals surface area contributed by atoms with Crippen molar-refractivity contribution in [1.82, 2.24) is 0 Å². The summed E-state index contributed by atoms with van der Waals surface area (Å²) < 4.78 is 0. The number of carbonyl (C=O) groups is 2. The number of carboxylic acids is 1. The molecule has 132 valence electrons. The number of unbranched alkanes of at least 4 members (excludes halogenated alkanes) is 1. The van der Waals surface area contributed by atoms with Crippen LogP contribution in [0.1, 0.15) is 45.4 Å². The minimum atomic E-state index is -0.781. The third kappa shape index (κ3) is 8.06. The molecular weight excluding hydrogens is 304 g/mol. The van der Waals surface area contributed by atoms with Gasteiger partial charge < -0.3 is 10.2 Å². The van der Waals surface area contributed by atoms with E-state index in [0.29, 0.717) is 25.7 Å². The lowest BCUT2D eigenvalue weighted by Gasteiger charge is -2.13. The van der Waals surface area contributed by atoms with Crippen LogP contribution in [-0.2, 0) is 9.59 Å². The highest BCUT2D eigenvalue weighted by Crippen LogP contribution is 2.27. The first-order chi connectivity index (χ1) is 11.5. The van der Waals surface area contributed by atoms with Gasteiger partial charge in [0.05, 0.1) is 6.10 Å².